The lowest BCUT2D eigenvalue weighted by atomic mass is 10.1. The summed E-state index contributed by atoms with van der Waals surface area (Å²) in [6, 6.07) is 17.0. The van der Waals surface area contributed by atoms with Crippen LogP contribution in [0, 0.1) is 0 Å². The highest BCUT2D eigenvalue weighted by molar-refractivity contribution is 9.11. The van der Waals surface area contributed by atoms with Crippen molar-refractivity contribution >= 4 is 61.3 Å². The summed E-state index contributed by atoms with van der Waals surface area (Å²) in [7, 11) is 0. The number of nitrogens with one attached hydrogen (secondary N) is 1. The first kappa shape index (κ1) is 14.5. The van der Waals surface area contributed by atoms with Crippen LogP contribution in [0.2, 0.25) is 0 Å². The van der Waals surface area contributed by atoms with Gasteiger partial charge < -0.3 is 5.32 Å². The summed E-state index contributed by atoms with van der Waals surface area (Å²) in [5.74, 6) is 0.900. The summed E-state index contributed by atoms with van der Waals surface area (Å²) in [4.78, 5) is 7.33. The molecule has 5 rings (SSSR count). The number of halogens is 1. The molecule has 0 radical (unpaired) electrons. The van der Waals surface area contributed by atoms with Gasteiger partial charge in [-0.25, -0.2) is 4.98 Å². The maximum Gasteiger partial charge on any atom is 0.209 e. The lowest BCUT2D eigenvalue weighted by Gasteiger charge is -2.25. The summed E-state index contributed by atoms with van der Waals surface area (Å²) in [5, 5.41) is 5.65. The van der Waals surface area contributed by atoms with Crippen molar-refractivity contribution in [3.63, 3.8) is 0 Å². The topological polar surface area (TPSA) is 29.9 Å². The Morgan fingerprint density at radius 1 is 1.08 bits per heavy atom. The van der Waals surface area contributed by atoms with E-state index in [0.717, 1.165) is 26.5 Å². The molecule has 1 unspecified atom stereocenters. The third-order valence-electron chi connectivity index (χ3n) is 4.12. The summed E-state index contributed by atoms with van der Waals surface area (Å²) in [5.41, 5.74) is 3.29. The number of imidazole rings is 1. The first-order valence-corrected chi connectivity index (χ1v) is 10.0. The Morgan fingerprint density at radius 2 is 2.00 bits per heavy atom. The normalized spacial score (nSPS) is 16.7. The summed E-state index contributed by atoms with van der Waals surface area (Å²) in [6.45, 7) is 0. The van der Waals surface area contributed by atoms with E-state index in [0.29, 0.717) is 0 Å². The molecule has 0 spiro atoms. The van der Waals surface area contributed by atoms with Gasteiger partial charge >= 0.3 is 0 Å². The lowest BCUT2D eigenvalue weighted by Crippen LogP contribution is -2.18. The van der Waals surface area contributed by atoms with Gasteiger partial charge in [0.05, 0.1) is 31.4 Å². The number of nitrogens with zero attached hydrogens (tertiary/aromatic N) is 2. The van der Waals surface area contributed by atoms with Crippen molar-refractivity contribution in [2.45, 2.75) is 6.04 Å². The van der Waals surface area contributed by atoms with Gasteiger partial charge in [-0.1, -0.05) is 18.2 Å². The van der Waals surface area contributed by atoms with Gasteiger partial charge in [0, 0.05) is 4.88 Å². The van der Waals surface area contributed by atoms with E-state index >= 15 is 0 Å². The third kappa shape index (κ3) is 2.25. The fraction of sp³-hybridized carbons (Fsp3) is 0.0556. The molecule has 1 N–H and O–H groups in total. The second-order valence-electron chi connectivity index (χ2n) is 5.56. The van der Waals surface area contributed by atoms with E-state index in [2.05, 4.69) is 79.7 Å². The minimum atomic E-state index is 0.157. The number of allylic oxidation sites excluding steroid dienone is 1. The Hall–Kier alpha value is -1.89. The van der Waals surface area contributed by atoms with E-state index < -0.39 is 0 Å². The maximum absolute atomic E-state index is 4.80. The van der Waals surface area contributed by atoms with E-state index in [-0.39, 0.29) is 6.04 Å². The van der Waals surface area contributed by atoms with Crippen LogP contribution in [-0.2, 0) is 0 Å². The molecule has 0 saturated carbocycles. The van der Waals surface area contributed by atoms with Crippen molar-refractivity contribution in [2.24, 2.45) is 0 Å². The van der Waals surface area contributed by atoms with E-state index in [1.165, 1.54) is 9.75 Å². The Labute approximate surface area is 155 Å². The van der Waals surface area contributed by atoms with E-state index in [9.17, 15) is 0 Å². The Kier molecular flexibility index (Phi) is 3.36. The van der Waals surface area contributed by atoms with E-state index in [1.54, 1.807) is 22.7 Å². The molecule has 0 aliphatic carbocycles. The molecule has 4 aromatic rings. The maximum atomic E-state index is 4.80. The zero-order chi connectivity index (χ0) is 16.1. The number of rotatable bonds is 2. The minimum absolute atomic E-state index is 0.157. The molecule has 0 bridgehead atoms. The van der Waals surface area contributed by atoms with Crippen LogP contribution in [0.4, 0.5) is 5.95 Å². The molecule has 0 saturated heterocycles. The molecule has 1 aliphatic rings. The lowest BCUT2D eigenvalue weighted by molar-refractivity contribution is 0.733. The molecule has 3 aromatic heterocycles. The highest BCUT2D eigenvalue weighted by Crippen LogP contribution is 2.39. The van der Waals surface area contributed by atoms with Gasteiger partial charge in [-0.15, -0.1) is 22.7 Å². The number of benzene rings is 1. The van der Waals surface area contributed by atoms with Crippen molar-refractivity contribution in [1.82, 2.24) is 9.55 Å². The van der Waals surface area contributed by atoms with Crippen LogP contribution in [0.1, 0.15) is 15.8 Å². The van der Waals surface area contributed by atoms with E-state index in [4.69, 9.17) is 4.98 Å². The molecule has 6 heteroatoms. The molecule has 1 aromatic carbocycles. The molecule has 0 amide bonds. The molecule has 118 valence electrons. The SMILES string of the molecule is Brc1ccc(C2=CC(c3cccs3)n3c(nc4ccccc43)N2)s1. The number of thiophene rings is 2. The Morgan fingerprint density at radius 3 is 2.79 bits per heavy atom. The highest BCUT2D eigenvalue weighted by Gasteiger charge is 2.26. The third-order valence-corrected chi connectivity index (χ3v) is 6.72. The average Bonchev–Trinajstić information content (AvgIpc) is 3.33. The standard InChI is InChI=1S/C18H12BrN3S2/c19-17-8-7-15(24-17)12-10-14(16-6-3-9-23-16)22-13-5-2-1-4-11(13)20-18(22)21-12/h1-10,14H,(H,20,21). The average molecular weight is 414 g/mol. The van der Waals surface area contributed by atoms with Gasteiger partial charge in [-0.2, -0.15) is 0 Å². The van der Waals surface area contributed by atoms with Crippen molar-refractivity contribution in [1.29, 1.82) is 0 Å². The van der Waals surface area contributed by atoms with Gasteiger partial charge in [-0.05, 0) is 57.7 Å². The van der Waals surface area contributed by atoms with Gasteiger partial charge in [0.1, 0.15) is 0 Å². The molecule has 24 heavy (non-hydrogen) atoms. The van der Waals surface area contributed by atoms with Gasteiger partial charge in [0.25, 0.3) is 0 Å². The highest BCUT2D eigenvalue weighted by atomic mass is 79.9. The number of para-hydroxylation sites is 2. The summed E-state index contributed by atoms with van der Waals surface area (Å²) < 4.78 is 3.42. The predicted molar refractivity (Wildman–Crippen MR) is 106 cm³/mol. The number of fused-ring (bicyclic) bond motifs is 3. The van der Waals surface area contributed by atoms with Gasteiger partial charge in [0.2, 0.25) is 5.95 Å². The zero-order valence-corrected chi connectivity index (χ0v) is 15.7. The molecular weight excluding hydrogens is 402 g/mol. The predicted octanol–water partition coefficient (Wildman–Crippen LogP) is 5.98. The van der Waals surface area contributed by atoms with Crippen molar-refractivity contribution < 1.29 is 0 Å². The molecule has 1 aliphatic heterocycles. The van der Waals surface area contributed by atoms with Crippen LogP contribution in [0.3, 0.4) is 0 Å². The quantitative estimate of drug-likeness (QED) is 0.438. The van der Waals surface area contributed by atoms with Gasteiger partial charge in [0.15, 0.2) is 0 Å². The first-order chi connectivity index (χ1) is 11.8. The molecule has 3 nitrogen and oxygen atoms in total. The van der Waals surface area contributed by atoms with E-state index in [1.807, 2.05) is 6.07 Å². The van der Waals surface area contributed by atoms with Crippen molar-refractivity contribution in [3.05, 3.63) is 73.5 Å². The van der Waals surface area contributed by atoms with Crippen molar-refractivity contribution in [3.8, 4) is 0 Å². The van der Waals surface area contributed by atoms with Crippen LogP contribution in [0.25, 0.3) is 16.7 Å². The number of aromatic nitrogens is 2. The number of hydrogen-bond donors (Lipinski definition) is 1. The van der Waals surface area contributed by atoms with Crippen LogP contribution in [0.5, 0.6) is 0 Å². The Balaban J connectivity index is 1.73. The summed E-state index contributed by atoms with van der Waals surface area (Å²) >= 11 is 7.07. The monoisotopic (exact) mass is 413 g/mol. The van der Waals surface area contributed by atoms with Crippen LogP contribution < -0.4 is 5.32 Å². The van der Waals surface area contributed by atoms with Crippen LogP contribution in [0.15, 0.2) is 63.8 Å². The number of hydrogen-bond acceptors (Lipinski definition) is 4. The second-order valence-corrected chi connectivity index (χ2v) is 9.01. The minimum Gasteiger partial charge on any atom is -0.324 e. The smallest absolute Gasteiger partial charge is 0.209 e. The molecular formula is C18H12BrN3S2. The Bertz CT molecular complexity index is 1060. The molecule has 0 fully saturated rings. The zero-order valence-electron chi connectivity index (χ0n) is 12.4. The molecule has 1 atom stereocenters. The summed E-state index contributed by atoms with van der Waals surface area (Å²) in [6.07, 6.45) is 2.30. The van der Waals surface area contributed by atoms with Gasteiger partial charge in [-0.3, -0.25) is 4.57 Å². The van der Waals surface area contributed by atoms with Crippen molar-refractivity contribution in [2.75, 3.05) is 5.32 Å². The largest absolute Gasteiger partial charge is 0.324 e. The van der Waals surface area contributed by atoms with Crippen LogP contribution >= 0.6 is 38.6 Å². The molecule has 4 heterocycles. The number of anilines is 1. The fourth-order valence-corrected chi connectivity index (χ4v) is 5.23. The van der Waals surface area contributed by atoms with Crippen LogP contribution in [-0.4, -0.2) is 9.55 Å². The fourth-order valence-electron chi connectivity index (χ4n) is 3.08. The second kappa shape index (κ2) is 5.58. The first-order valence-electron chi connectivity index (χ1n) is 7.54.